The summed E-state index contributed by atoms with van der Waals surface area (Å²) < 4.78 is 6.27. The summed E-state index contributed by atoms with van der Waals surface area (Å²) in [5.74, 6) is 0.812. The molecule has 0 aromatic heterocycles. The fourth-order valence-electron chi connectivity index (χ4n) is 4.26. The van der Waals surface area contributed by atoms with Crippen LogP contribution in [0.25, 0.3) is 5.76 Å². The number of allylic oxidation sites excluding steroid dienone is 4. The number of hydrogen-bond donors (Lipinski definition) is 2. The zero-order valence-electron chi connectivity index (χ0n) is 18.4. The Morgan fingerprint density at radius 2 is 1.97 bits per heavy atom. The van der Waals surface area contributed by atoms with Gasteiger partial charge in [0.15, 0.2) is 0 Å². The van der Waals surface area contributed by atoms with E-state index in [2.05, 4.69) is 32.9 Å². The van der Waals surface area contributed by atoms with Crippen molar-refractivity contribution in [2.75, 3.05) is 0 Å². The van der Waals surface area contributed by atoms with Gasteiger partial charge in [-0.3, -0.25) is 0 Å². The standard InChI is InChI=1S/C25H35NO3/c1-17(2)10-8-11-18(3)12-9-15-25(5,27)23-16-21-19(4)26(28)22-14-7-6-13-20(22)24(21)29-23/h6-7,10,12-14,19,23,26-27H,8-9,11,15-16H2,1-5H3/b18-12+/t19?,23-,25+/m0/s1. The van der Waals surface area contributed by atoms with Crippen molar-refractivity contribution in [2.24, 2.45) is 0 Å². The van der Waals surface area contributed by atoms with Crippen LogP contribution in [0.3, 0.4) is 0 Å². The highest BCUT2D eigenvalue weighted by Crippen LogP contribution is 2.42. The molecule has 4 heteroatoms. The smallest absolute Gasteiger partial charge is 0.142 e. The van der Waals surface area contributed by atoms with E-state index in [9.17, 15) is 10.3 Å². The van der Waals surface area contributed by atoms with Gasteiger partial charge in [-0.15, -0.1) is 0 Å². The van der Waals surface area contributed by atoms with Crippen molar-refractivity contribution in [3.8, 4) is 0 Å². The van der Waals surface area contributed by atoms with Crippen LogP contribution in [0.15, 0.2) is 53.1 Å². The quantitative estimate of drug-likeness (QED) is 0.512. The van der Waals surface area contributed by atoms with E-state index >= 15 is 0 Å². The van der Waals surface area contributed by atoms with E-state index in [0.717, 1.165) is 41.8 Å². The third-order valence-corrected chi connectivity index (χ3v) is 6.24. The van der Waals surface area contributed by atoms with Crippen LogP contribution in [-0.4, -0.2) is 22.9 Å². The molecule has 4 atom stereocenters. The van der Waals surface area contributed by atoms with Gasteiger partial charge in [-0.1, -0.05) is 35.4 Å². The van der Waals surface area contributed by atoms with Crippen molar-refractivity contribution in [3.63, 3.8) is 0 Å². The van der Waals surface area contributed by atoms with Crippen LogP contribution >= 0.6 is 0 Å². The van der Waals surface area contributed by atoms with Crippen molar-refractivity contribution in [2.45, 2.75) is 84.5 Å². The van der Waals surface area contributed by atoms with E-state index in [1.165, 1.54) is 11.1 Å². The van der Waals surface area contributed by atoms with Gasteiger partial charge in [0, 0.05) is 18.1 Å². The molecular formula is C25H35NO3. The monoisotopic (exact) mass is 397 g/mol. The second kappa shape index (κ2) is 8.86. The minimum absolute atomic E-state index is 0.151. The second-order valence-corrected chi connectivity index (χ2v) is 9.06. The van der Waals surface area contributed by atoms with Gasteiger partial charge in [-0.2, -0.15) is 0 Å². The van der Waals surface area contributed by atoms with Gasteiger partial charge in [0.05, 0.1) is 11.2 Å². The molecule has 0 amide bonds. The van der Waals surface area contributed by atoms with Crippen molar-refractivity contribution in [1.29, 1.82) is 0 Å². The normalized spacial score (nSPS) is 25.8. The number of benzene rings is 1. The molecule has 0 saturated heterocycles. The molecule has 0 fully saturated rings. The molecule has 0 radical (unpaired) electrons. The predicted octanol–water partition coefficient (Wildman–Crippen LogP) is 4.83. The Morgan fingerprint density at radius 1 is 1.24 bits per heavy atom. The van der Waals surface area contributed by atoms with E-state index in [4.69, 9.17) is 4.74 Å². The van der Waals surface area contributed by atoms with Gasteiger partial charge in [-0.25, -0.2) is 0 Å². The van der Waals surface area contributed by atoms with Crippen LogP contribution in [0, 0.1) is 5.21 Å². The van der Waals surface area contributed by atoms with Crippen LogP contribution in [0.1, 0.15) is 72.3 Å². The van der Waals surface area contributed by atoms with Crippen LogP contribution in [-0.2, 0) is 4.74 Å². The molecular weight excluding hydrogens is 362 g/mol. The summed E-state index contributed by atoms with van der Waals surface area (Å²) in [5.41, 5.74) is 4.41. The number of nitrogens with one attached hydrogen (secondary N) is 1. The minimum atomic E-state index is -0.939. The summed E-state index contributed by atoms with van der Waals surface area (Å²) >= 11 is 0. The molecule has 2 aliphatic rings. The number of quaternary nitrogens is 1. The zero-order chi connectivity index (χ0) is 21.2. The lowest BCUT2D eigenvalue weighted by Gasteiger charge is -2.34. The van der Waals surface area contributed by atoms with Gasteiger partial charge >= 0.3 is 0 Å². The molecule has 0 bridgehead atoms. The Hall–Kier alpha value is -1.88. The number of fused-ring (bicyclic) bond motifs is 2. The Balaban J connectivity index is 1.63. The average Bonchev–Trinajstić information content (AvgIpc) is 3.12. The molecule has 2 N–H and O–H groups in total. The van der Waals surface area contributed by atoms with Crippen LogP contribution < -0.4 is 5.06 Å². The van der Waals surface area contributed by atoms with E-state index in [1.54, 1.807) is 0 Å². The molecule has 29 heavy (non-hydrogen) atoms. The lowest BCUT2D eigenvalue weighted by Crippen LogP contribution is -3.07. The fourth-order valence-corrected chi connectivity index (χ4v) is 4.26. The van der Waals surface area contributed by atoms with E-state index in [-0.39, 0.29) is 17.2 Å². The number of hydrogen-bond acceptors (Lipinski definition) is 3. The Bertz CT molecular complexity index is 830. The Labute approximate surface area is 175 Å². The lowest BCUT2D eigenvalue weighted by molar-refractivity contribution is -0.798. The largest absolute Gasteiger partial charge is 0.628 e. The van der Waals surface area contributed by atoms with Crippen LogP contribution in [0.2, 0.25) is 0 Å². The maximum Gasteiger partial charge on any atom is 0.142 e. The summed E-state index contributed by atoms with van der Waals surface area (Å²) in [5, 5.41) is 24.0. The summed E-state index contributed by atoms with van der Waals surface area (Å²) in [6.45, 7) is 10.2. The summed E-state index contributed by atoms with van der Waals surface area (Å²) in [6.07, 6.45) is 8.38. The molecule has 2 aliphatic heterocycles. The Kier molecular flexibility index (Phi) is 6.67. The van der Waals surface area contributed by atoms with Crippen molar-refractivity contribution in [3.05, 3.63) is 63.9 Å². The number of aliphatic hydroxyl groups is 1. The van der Waals surface area contributed by atoms with Gasteiger partial charge in [0.1, 0.15) is 23.6 Å². The first-order chi connectivity index (χ1) is 13.7. The number of hydroxylamine groups is 1. The van der Waals surface area contributed by atoms with E-state index in [1.807, 2.05) is 38.1 Å². The maximum absolute atomic E-state index is 12.7. The molecule has 3 rings (SSSR count). The first kappa shape index (κ1) is 21.8. The first-order valence-electron chi connectivity index (χ1n) is 10.8. The highest BCUT2D eigenvalue weighted by atomic mass is 16.5. The van der Waals surface area contributed by atoms with Crippen LogP contribution in [0.4, 0.5) is 5.69 Å². The molecule has 2 unspecified atom stereocenters. The summed E-state index contributed by atoms with van der Waals surface area (Å²) in [4.78, 5) is 0. The van der Waals surface area contributed by atoms with Crippen molar-refractivity contribution in [1.82, 2.24) is 0 Å². The first-order valence-corrected chi connectivity index (χ1v) is 10.8. The number of para-hydroxylation sites is 1. The molecule has 0 spiro atoms. The SMILES string of the molecule is CC(C)=CCC/C(C)=C/CC[C@@](C)(O)[C@@H]1CC2=C(O1)c1ccccc1[NH+]([O-])C2C. The molecule has 0 saturated carbocycles. The molecule has 158 valence electrons. The fraction of sp³-hybridized carbons (Fsp3) is 0.520. The average molecular weight is 398 g/mol. The maximum atomic E-state index is 12.7. The number of rotatable bonds is 7. The summed E-state index contributed by atoms with van der Waals surface area (Å²) in [6, 6.07) is 7.46. The Morgan fingerprint density at radius 3 is 2.69 bits per heavy atom. The molecule has 2 heterocycles. The third-order valence-electron chi connectivity index (χ3n) is 6.24. The highest BCUT2D eigenvalue weighted by molar-refractivity contribution is 5.74. The van der Waals surface area contributed by atoms with Crippen molar-refractivity contribution < 1.29 is 14.9 Å². The van der Waals surface area contributed by atoms with Gasteiger partial charge in [0.2, 0.25) is 0 Å². The lowest BCUT2D eigenvalue weighted by atomic mass is 9.87. The van der Waals surface area contributed by atoms with Gasteiger partial charge < -0.3 is 20.1 Å². The minimum Gasteiger partial charge on any atom is -0.628 e. The van der Waals surface area contributed by atoms with Crippen molar-refractivity contribution >= 4 is 11.4 Å². The molecule has 1 aromatic rings. The van der Waals surface area contributed by atoms with E-state index < -0.39 is 5.60 Å². The second-order valence-electron chi connectivity index (χ2n) is 9.06. The topological polar surface area (TPSA) is 57.0 Å². The summed E-state index contributed by atoms with van der Waals surface area (Å²) in [7, 11) is 0. The molecule has 4 nitrogen and oxygen atoms in total. The highest BCUT2D eigenvalue weighted by Gasteiger charge is 2.45. The zero-order valence-corrected chi connectivity index (χ0v) is 18.4. The molecule has 1 aromatic carbocycles. The third kappa shape index (κ3) is 4.82. The predicted molar refractivity (Wildman–Crippen MR) is 119 cm³/mol. The number of ether oxygens (including phenoxy) is 1. The van der Waals surface area contributed by atoms with Gasteiger partial charge in [0.25, 0.3) is 0 Å². The van der Waals surface area contributed by atoms with Crippen LogP contribution in [0.5, 0.6) is 0 Å². The van der Waals surface area contributed by atoms with Gasteiger partial charge in [-0.05, 0) is 66.4 Å². The molecule has 0 aliphatic carbocycles. The van der Waals surface area contributed by atoms with E-state index in [0.29, 0.717) is 12.8 Å².